The summed E-state index contributed by atoms with van der Waals surface area (Å²) in [6, 6.07) is 4.46. The molecule has 2 aromatic heterocycles. The number of nitrogens with zero attached hydrogens (tertiary/aromatic N) is 1. The number of non-ortho nitro benzene ring substituents is 1. The minimum Gasteiger partial charge on any atom is -0.360 e. The molecule has 0 amide bonds. The van der Waals surface area contributed by atoms with E-state index in [9.17, 15) is 14.9 Å². The predicted molar refractivity (Wildman–Crippen MR) is 77.4 cm³/mol. The standard InChI is InChI=1S/C14H10N2O3S/c1-8-6-20-7-12(8)14(17)11-5-15-13-4-9(16(18)19)2-3-10(11)13/h2-7,15H,1H3. The summed E-state index contributed by atoms with van der Waals surface area (Å²) in [7, 11) is 0. The Kier molecular flexibility index (Phi) is 2.87. The number of ketones is 1. The molecular formula is C14H10N2O3S. The van der Waals surface area contributed by atoms with Gasteiger partial charge in [-0.05, 0) is 23.9 Å². The van der Waals surface area contributed by atoms with Crippen LogP contribution in [0, 0.1) is 17.0 Å². The number of hydrogen-bond acceptors (Lipinski definition) is 4. The van der Waals surface area contributed by atoms with E-state index >= 15 is 0 Å². The zero-order chi connectivity index (χ0) is 14.3. The average molecular weight is 286 g/mol. The van der Waals surface area contributed by atoms with Crippen LogP contribution in [0.25, 0.3) is 10.9 Å². The molecule has 2 heterocycles. The molecule has 0 aliphatic heterocycles. The van der Waals surface area contributed by atoms with Crippen LogP contribution in [-0.4, -0.2) is 15.7 Å². The van der Waals surface area contributed by atoms with E-state index in [1.807, 2.05) is 17.7 Å². The van der Waals surface area contributed by atoms with Gasteiger partial charge in [-0.15, -0.1) is 0 Å². The van der Waals surface area contributed by atoms with E-state index in [0.29, 0.717) is 22.0 Å². The highest BCUT2D eigenvalue weighted by atomic mass is 32.1. The molecule has 0 fully saturated rings. The van der Waals surface area contributed by atoms with Crippen molar-refractivity contribution < 1.29 is 9.72 Å². The molecule has 3 rings (SSSR count). The summed E-state index contributed by atoms with van der Waals surface area (Å²) in [5, 5.41) is 15.2. The number of thiophene rings is 1. The van der Waals surface area contributed by atoms with Crippen molar-refractivity contribution in [3.05, 3.63) is 62.0 Å². The van der Waals surface area contributed by atoms with Crippen molar-refractivity contribution in [1.29, 1.82) is 0 Å². The van der Waals surface area contributed by atoms with Gasteiger partial charge in [0.25, 0.3) is 5.69 Å². The minimum atomic E-state index is -0.454. The molecule has 0 radical (unpaired) electrons. The Bertz CT molecular complexity index is 832. The number of benzene rings is 1. The van der Waals surface area contributed by atoms with Gasteiger partial charge in [0.2, 0.25) is 0 Å². The Morgan fingerprint density at radius 2 is 2.10 bits per heavy atom. The van der Waals surface area contributed by atoms with Gasteiger partial charge < -0.3 is 4.98 Å². The van der Waals surface area contributed by atoms with Crippen LogP contribution in [-0.2, 0) is 0 Å². The second-order valence-electron chi connectivity index (χ2n) is 4.49. The lowest BCUT2D eigenvalue weighted by atomic mass is 10.0. The first-order chi connectivity index (χ1) is 9.58. The molecule has 100 valence electrons. The molecule has 0 atom stereocenters. The largest absolute Gasteiger partial charge is 0.360 e. The Balaban J connectivity index is 2.12. The maximum absolute atomic E-state index is 12.5. The van der Waals surface area contributed by atoms with E-state index in [2.05, 4.69) is 4.98 Å². The van der Waals surface area contributed by atoms with E-state index in [0.717, 1.165) is 5.56 Å². The number of nitro benzene ring substituents is 1. The van der Waals surface area contributed by atoms with Crippen LogP contribution in [0.1, 0.15) is 21.5 Å². The first kappa shape index (κ1) is 12.6. The highest BCUT2D eigenvalue weighted by molar-refractivity contribution is 7.08. The summed E-state index contributed by atoms with van der Waals surface area (Å²) in [6.45, 7) is 1.89. The fourth-order valence-electron chi connectivity index (χ4n) is 2.15. The lowest BCUT2D eigenvalue weighted by Crippen LogP contribution is -2.00. The van der Waals surface area contributed by atoms with Crippen LogP contribution in [0.3, 0.4) is 0 Å². The van der Waals surface area contributed by atoms with E-state index in [1.165, 1.54) is 23.5 Å². The van der Waals surface area contributed by atoms with Crippen molar-refractivity contribution in [2.45, 2.75) is 6.92 Å². The molecule has 1 N–H and O–H groups in total. The van der Waals surface area contributed by atoms with Gasteiger partial charge in [0, 0.05) is 40.2 Å². The van der Waals surface area contributed by atoms with Crippen molar-refractivity contribution in [3.63, 3.8) is 0 Å². The van der Waals surface area contributed by atoms with Crippen LogP contribution < -0.4 is 0 Å². The molecule has 0 saturated heterocycles. The number of carbonyl (C=O) groups is 1. The monoisotopic (exact) mass is 286 g/mol. The van der Waals surface area contributed by atoms with Gasteiger partial charge in [0.05, 0.1) is 10.4 Å². The topological polar surface area (TPSA) is 76.0 Å². The highest BCUT2D eigenvalue weighted by Gasteiger charge is 2.18. The molecule has 3 aromatic rings. The molecule has 0 spiro atoms. The van der Waals surface area contributed by atoms with Crippen LogP contribution in [0.15, 0.2) is 35.2 Å². The maximum Gasteiger partial charge on any atom is 0.271 e. The van der Waals surface area contributed by atoms with Crippen LogP contribution in [0.4, 0.5) is 5.69 Å². The summed E-state index contributed by atoms with van der Waals surface area (Å²) in [5.41, 5.74) is 2.75. The van der Waals surface area contributed by atoms with Gasteiger partial charge in [0.1, 0.15) is 0 Å². The van der Waals surface area contributed by atoms with Crippen molar-refractivity contribution in [1.82, 2.24) is 4.98 Å². The lowest BCUT2D eigenvalue weighted by molar-refractivity contribution is -0.384. The molecular weight excluding hydrogens is 276 g/mol. The van der Waals surface area contributed by atoms with Crippen LogP contribution >= 0.6 is 11.3 Å². The molecule has 1 aromatic carbocycles. The van der Waals surface area contributed by atoms with Gasteiger partial charge in [-0.2, -0.15) is 11.3 Å². The number of H-pyrrole nitrogens is 1. The van der Waals surface area contributed by atoms with Gasteiger partial charge in [0.15, 0.2) is 5.78 Å². The summed E-state index contributed by atoms with van der Waals surface area (Å²) < 4.78 is 0. The number of fused-ring (bicyclic) bond motifs is 1. The summed E-state index contributed by atoms with van der Waals surface area (Å²) in [4.78, 5) is 25.7. The second kappa shape index (κ2) is 4.57. The smallest absolute Gasteiger partial charge is 0.271 e. The van der Waals surface area contributed by atoms with E-state index < -0.39 is 4.92 Å². The number of nitro groups is 1. The zero-order valence-electron chi connectivity index (χ0n) is 10.5. The zero-order valence-corrected chi connectivity index (χ0v) is 11.4. The first-order valence-corrected chi connectivity index (χ1v) is 6.85. The first-order valence-electron chi connectivity index (χ1n) is 5.91. The second-order valence-corrected chi connectivity index (χ2v) is 5.23. The molecule has 6 heteroatoms. The fourth-order valence-corrected chi connectivity index (χ4v) is 2.98. The number of carbonyl (C=O) groups excluding carboxylic acids is 1. The van der Waals surface area contributed by atoms with Crippen molar-refractivity contribution in [3.8, 4) is 0 Å². The number of hydrogen-bond donors (Lipinski definition) is 1. The molecule has 0 saturated carbocycles. The molecule has 20 heavy (non-hydrogen) atoms. The summed E-state index contributed by atoms with van der Waals surface area (Å²) >= 11 is 1.48. The minimum absolute atomic E-state index is 0.00469. The van der Waals surface area contributed by atoms with E-state index in [4.69, 9.17) is 0 Å². The highest BCUT2D eigenvalue weighted by Crippen LogP contribution is 2.26. The van der Waals surface area contributed by atoms with Crippen LogP contribution in [0.2, 0.25) is 0 Å². The van der Waals surface area contributed by atoms with Crippen molar-refractivity contribution in [2.75, 3.05) is 0 Å². The molecule has 0 aliphatic carbocycles. The Morgan fingerprint density at radius 1 is 1.30 bits per heavy atom. The normalized spacial score (nSPS) is 10.8. The maximum atomic E-state index is 12.5. The predicted octanol–water partition coefficient (Wildman–Crippen LogP) is 3.68. The van der Waals surface area contributed by atoms with Crippen molar-refractivity contribution >= 4 is 33.7 Å². The van der Waals surface area contributed by atoms with Gasteiger partial charge >= 0.3 is 0 Å². The van der Waals surface area contributed by atoms with Gasteiger partial charge in [-0.3, -0.25) is 14.9 Å². The molecule has 0 aliphatic rings. The third-order valence-corrected chi connectivity index (χ3v) is 4.08. The quantitative estimate of drug-likeness (QED) is 0.453. The molecule has 0 unspecified atom stereocenters. The average Bonchev–Trinajstić information content (AvgIpc) is 3.03. The van der Waals surface area contributed by atoms with Crippen LogP contribution in [0.5, 0.6) is 0 Å². The van der Waals surface area contributed by atoms with E-state index in [-0.39, 0.29) is 11.5 Å². The molecule has 0 bridgehead atoms. The third-order valence-electron chi connectivity index (χ3n) is 3.22. The van der Waals surface area contributed by atoms with Crippen molar-refractivity contribution in [2.24, 2.45) is 0 Å². The number of aryl methyl sites for hydroxylation is 1. The third kappa shape index (κ3) is 1.90. The number of nitrogens with one attached hydrogen (secondary N) is 1. The SMILES string of the molecule is Cc1cscc1C(=O)c1c[nH]c2cc([N+](=O)[O-])ccc12. The summed E-state index contributed by atoms with van der Waals surface area (Å²) in [5.74, 6) is -0.0659. The van der Waals surface area contributed by atoms with Gasteiger partial charge in [-0.1, -0.05) is 0 Å². The Morgan fingerprint density at radius 3 is 2.75 bits per heavy atom. The van der Waals surface area contributed by atoms with Gasteiger partial charge in [-0.25, -0.2) is 0 Å². The summed E-state index contributed by atoms with van der Waals surface area (Å²) in [6.07, 6.45) is 1.60. The number of aromatic amines is 1. The Labute approximate surface area is 118 Å². The fraction of sp³-hybridized carbons (Fsp3) is 0.0714. The van der Waals surface area contributed by atoms with E-state index in [1.54, 1.807) is 12.3 Å². The molecule has 5 nitrogen and oxygen atoms in total. The lowest BCUT2D eigenvalue weighted by Gasteiger charge is -1.98. The number of rotatable bonds is 3. The Hall–Kier alpha value is -2.47. The number of aromatic nitrogens is 1.